The maximum Gasteiger partial charge on any atom is 0.436 e. The molecule has 0 amide bonds. The zero-order chi connectivity index (χ0) is 18.0. The van der Waals surface area contributed by atoms with Crippen LogP contribution in [-0.4, -0.2) is 41.4 Å². The number of hydrogen-bond donors (Lipinski definition) is 3. The lowest BCUT2D eigenvalue weighted by Crippen LogP contribution is -2.42. The Kier molecular flexibility index (Phi) is 5.37. The van der Waals surface area contributed by atoms with Gasteiger partial charge < -0.3 is 10.2 Å². The zero-order valence-corrected chi connectivity index (χ0v) is 13.7. The summed E-state index contributed by atoms with van der Waals surface area (Å²) in [6.45, 7) is 0.727. The van der Waals surface area contributed by atoms with Crippen LogP contribution >= 0.6 is 7.83 Å². The van der Waals surface area contributed by atoms with Gasteiger partial charge in [-0.25, -0.2) is 18.7 Å². The Morgan fingerprint density at radius 2 is 1.88 bits per heavy atom. The summed E-state index contributed by atoms with van der Waals surface area (Å²) in [5.74, 6) is 0. The van der Waals surface area contributed by atoms with E-state index in [1.54, 1.807) is 0 Å². The molecule has 0 aliphatic heterocycles. The number of aromatic amines is 1. The van der Waals surface area contributed by atoms with Gasteiger partial charge in [-0.1, -0.05) is 13.3 Å². The third-order valence-corrected chi connectivity index (χ3v) is 4.24. The summed E-state index contributed by atoms with van der Waals surface area (Å²) in [4.78, 5) is 39.1. The predicted molar refractivity (Wildman–Crippen MR) is 82.8 cm³/mol. The van der Waals surface area contributed by atoms with Crippen LogP contribution in [0.4, 0.5) is 0 Å². The van der Waals surface area contributed by atoms with Crippen molar-refractivity contribution in [2.75, 3.05) is 6.61 Å². The Balaban J connectivity index is 2.92. The van der Waals surface area contributed by atoms with Crippen molar-refractivity contribution < 1.29 is 19.3 Å². The first kappa shape index (κ1) is 18.1. The van der Waals surface area contributed by atoms with Crippen LogP contribution in [0.2, 0.25) is 0 Å². The van der Waals surface area contributed by atoms with E-state index >= 15 is 0 Å². The number of unbranched alkanes of at least 4 members (excludes halogenated alkanes) is 1. The Morgan fingerprint density at radius 1 is 1.21 bits per heavy atom. The first-order chi connectivity index (χ1) is 11.3. The van der Waals surface area contributed by atoms with Gasteiger partial charge in [0.1, 0.15) is 0 Å². The van der Waals surface area contributed by atoms with Gasteiger partial charge in [0.15, 0.2) is 11.2 Å². The van der Waals surface area contributed by atoms with E-state index in [2.05, 4.69) is 4.98 Å². The van der Waals surface area contributed by atoms with E-state index in [0.717, 1.165) is 11.0 Å². The smallest absolute Gasteiger partial charge is 0.394 e. The topological polar surface area (TPSA) is 156 Å². The third kappa shape index (κ3) is 3.05. The second-order valence-electron chi connectivity index (χ2n) is 5.22. The molecule has 0 spiro atoms. The lowest BCUT2D eigenvalue weighted by atomic mass is 10.3. The molecule has 2 heterocycles. The highest BCUT2D eigenvalue weighted by Crippen LogP contribution is 2.13. The van der Waals surface area contributed by atoms with E-state index in [0.29, 0.717) is 11.0 Å². The number of aliphatic hydroxyl groups excluding tert-OH is 2. The molecule has 11 nitrogen and oxygen atoms in total. The molecule has 2 aromatic heterocycles. The number of aromatic nitrogens is 4. The molecule has 0 saturated heterocycles. The summed E-state index contributed by atoms with van der Waals surface area (Å²) >= 11 is 0. The van der Waals surface area contributed by atoms with E-state index in [4.69, 9.17) is 5.11 Å². The quantitative estimate of drug-likeness (QED) is 0.520. The molecule has 2 rings (SSSR count). The predicted octanol–water partition coefficient (Wildman–Crippen LogP) is -1.26. The lowest BCUT2D eigenvalue weighted by Gasteiger charge is -2.11. The number of fused-ring (bicyclic) bond motifs is 1. The fourth-order valence-corrected chi connectivity index (χ4v) is 2.92. The van der Waals surface area contributed by atoms with E-state index in [-0.39, 0.29) is 16.4 Å². The minimum atomic E-state index is -3.47. The molecule has 1 unspecified atom stereocenters. The van der Waals surface area contributed by atoms with Gasteiger partial charge >= 0.3 is 19.2 Å². The average molecular weight is 360 g/mol. The third-order valence-electron chi connectivity index (χ3n) is 3.54. The van der Waals surface area contributed by atoms with Gasteiger partial charge in [-0.15, -0.1) is 0 Å². The summed E-state index contributed by atoms with van der Waals surface area (Å²) in [7, 11) is -3.47. The number of nitrogens with zero attached hydrogens (tertiary/aromatic N) is 3. The van der Waals surface area contributed by atoms with Crippen LogP contribution in [-0.2, 0) is 22.2 Å². The van der Waals surface area contributed by atoms with Gasteiger partial charge in [-0.05, 0) is 6.42 Å². The van der Waals surface area contributed by atoms with E-state index in [1.165, 1.54) is 0 Å². The SMILES string of the molecule is CCCCn1c(=O)[nH]c2c1c(=O)n(CC(O)CO)c(=O)n2P(=O)=O. The number of aryl methyl sites for hydroxylation is 1. The number of H-pyrrole nitrogens is 1. The largest absolute Gasteiger partial charge is 0.436 e. The van der Waals surface area contributed by atoms with E-state index in [1.807, 2.05) is 6.92 Å². The summed E-state index contributed by atoms with van der Waals surface area (Å²) < 4.78 is 24.7. The highest BCUT2D eigenvalue weighted by molar-refractivity contribution is 7.29. The first-order valence-electron chi connectivity index (χ1n) is 7.25. The highest BCUT2D eigenvalue weighted by atomic mass is 31.1. The number of imidazole rings is 1. The molecule has 0 saturated carbocycles. The molecule has 0 aliphatic rings. The number of aliphatic hydroxyl groups is 2. The molecular weight excluding hydrogens is 343 g/mol. The maximum absolute atomic E-state index is 12.6. The maximum atomic E-state index is 12.6. The molecule has 0 aliphatic carbocycles. The molecule has 0 aromatic carbocycles. The number of rotatable bonds is 7. The molecule has 0 bridgehead atoms. The van der Waals surface area contributed by atoms with Crippen LogP contribution in [0.3, 0.4) is 0 Å². The van der Waals surface area contributed by atoms with Gasteiger partial charge in [-0.3, -0.25) is 18.9 Å². The van der Waals surface area contributed by atoms with E-state index in [9.17, 15) is 28.6 Å². The molecule has 0 fully saturated rings. The summed E-state index contributed by atoms with van der Waals surface area (Å²) in [6.07, 6.45) is -0.138. The van der Waals surface area contributed by atoms with Crippen molar-refractivity contribution in [1.29, 1.82) is 0 Å². The number of nitrogens with one attached hydrogen (secondary N) is 1. The van der Waals surface area contributed by atoms with Gasteiger partial charge in [-0.2, -0.15) is 4.34 Å². The summed E-state index contributed by atoms with van der Waals surface area (Å²) in [6, 6.07) is 0. The monoisotopic (exact) mass is 360 g/mol. The lowest BCUT2D eigenvalue weighted by molar-refractivity contribution is 0.0793. The highest BCUT2D eigenvalue weighted by Gasteiger charge is 2.22. The van der Waals surface area contributed by atoms with Gasteiger partial charge in [0.25, 0.3) is 5.56 Å². The van der Waals surface area contributed by atoms with Crippen LogP contribution in [0, 0.1) is 0 Å². The molecule has 132 valence electrons. The second kappa shape index (κ2) is 7.12. The van der Waals surface area contributed by atoms with Crippen molar-refractivity contribution in [1.82, 2.24) is 18.5 Å². The average Bonchev–Trinajstić information content (AvgIpc) is 2.84. The van der Waals surface area contributed by atoms with Gasteiger partial charge in [0.05, 0.1) is 19.3 Å². The molecule has 24 heavy (non-hydrogen) atoms. The Labute approximate surface area is 134 Å². The van der Waals surface area contributed by atoms with Crippen molar-refractivity contribution >= 4 is 19.0 Å². The van der Waals surface area contributed by atoms with Crippen LogP contribution in [0.15, 0.2) is 14.4 Å². The summed E-state index contributed by atoms with van der Waals surface area (Å²) in [5, 5.41) is 18.4. The standard InChI is InChI=1S/C12H17N4O7P/c1-2-3-4-14-8-9(13-11(14)20)16(24(22)23)12(21)15(10(8)19)5-7(18)6-17/h7,17-18H,2-6H2,1H3,(H,13,20). The van der Waals surface area contributed by atoms with Gasteiger partial charge in [0, 0.05) is 6.54 Å². The number of hydrogen-bond acceptors (Lipinski definition) is 7. The van der Waals surface area contributed by atoms with Crippen molar-refractivity contribution in [2.24, 2.45) is 0 Å². The van der Waals surface area contributed by atoms with Crippen molar-refractivity contribution in [3.8, 4) is 0 Å². The summed E-state index contributed by atoms with van der Waals surface area (Å²) in [5.41, 5.74) is -3.51. The fourth-order valence-electron chi connectivity index (χ4n) is 2.36. The fraction of sp³-hybridized carbons (Fsp3) is 0.583. The van der Waals surface area contributed by atoms with E-state index < -0.39 is 49.7 Å². The molecule has 1 atom stereocenters. The zero-order valence-electron chi connectivity index (χ0n) is 12.8. The van der Waals surface area contributed by atoms with Gasteiger partial charge in [0.2, 0.25) is 0 Å². The normalized spacial score (nSPS) is 12.6. The molecule has 12 heteroatoms. The first-order valence-corrected chi connectivity index (χ1v) is 8.38. The Hall–Kier alpha value is -2.23. The van der Waals surface area contributed by atoms with Crippen LogP contribution in [0.1, 0.15) is 19.8 Å². The molecule has 2 aromatic rings. The van der Waals surface area contributed by atoms with Crippen LogP contribution < -0.4 is 16.9 Å². The van der Waals surface area contributed by atoms with Crippen LogP contribution in [0.25, 0.3) is 11.2 Å². The molecular formula is C12H17N4O7P. The minimum absolute atomic E-state index is 0.168. The van der Waals surface area contributed by atoms with Crippen LogP contribution in [0.5, 0.6) is 0 Å². The van der Waals surface area contributed by atoms with Crippen molar-refractivity contribution in [3.05, 3.63) is 31.3 Å². The minimum Gasteiger partial charge on any atom is -0.394 e. The molecule has 0 radical (unpaired) electrons. The Bertz CT molecular complexity index is 986. The van der Waals surface area contributed by atoms with Crippen molar-refractivity contribution in [3.63, 3.8) is 0 Å². The molecule has 3 N–H and O–H groups in total. The van der Waals surface area contributed by atoms with Crippen molar-refractivity contribution in [2.45, 2.75) is 39.0 Å². The second-order valence-corrected chi connectivity index (χ2v) is 6.09. The Morgan fingerprint density at radius 3 is 2.42 bits per heavy atom.